The first-order chi connectivity index (χ1) is 21.6. The van der Waals surface area contributed by atoms with E-state index >= 15 is 0 Å². The van der Waals surface area contributed by atoms with E-state index in [1.807, 2.05) is 12.1 Å². The number of nitrogens with one attached hydrogen (secondary N) is 3. The molecular weight excluding hydrogens is 631 g/mol. The molecular formula is C30H32F3N5O7S. The van der Waals surface area contributed by atoms with E-state index in [1.165, 1.54) is 4.90 Å². The first kappa shape index (κ1) is 35.7. The van der Waals surface area contributed by atoms with Crippen LogP contribution in [0.5, 0.6) is 0 Å². The Balaban J connectivity index is 0.000000738. The van der Waals surface area contributed by atoms with Gasteiger partial charge < -0.3 is 21.1 Å². The smallest absolute Gasteiger partial charge is 0.475 e. The maximum atomic E-state index is 14.0. The predicted octanol–water partition coefficient (Wildman–Crippen LogP) is 2.80. The molecule has 0 spiro atoms. The number of rotatable bonds is 10. The van der Waals surface area contributed by atoms with Crippen LogP contribution in [-0.4, -0.2) is 71.4 Å². The maximum Gasteiger partial charge on any atom is 0.490 e. The Morgan fingerprint density at radius 3 is 1.89 bits per heavy atom. The largest absolute Gasteiger partial charge is 0.490 e. The second-order valence-corrected chi connectivity index (χ2v) is 11.4. The van der Waals surface area contributed by atoms with Crippen LogP contribution in [-0.2, 0) is 31.2 Å². The molecule has 7 N–H and O–H groups in total. The zero-order valence-corrected chi connectivity index (χ0v) is 25.0. The topological polar surface area (TPSA) is 203 Å². The summed E-state index contributed by atoms with van der Waals surface area (Å²) in [6.45, 7) is 0.475. The van der Waals surface area contributed by atoms with Crippen LogP contribution in [0.25, 0.3) is 0 Å². The normalized spacial score (nSPS) is 15.4. The zero-order chi connectivity index (χ0) is 34.1. The summed E-state index contributed by atoms with van der Waals surface area (Å²) in [4.78, 5) is 37.4. The Kier molecular flexibility index (Phi) is 12.0. The number of hydrogen-bond acceptors (Lipinski definition) is 6. The number of aliphatic carboxylic acids is 1. The van der Waals surface area contributed by atoms with E-state index in [1.54, 1.807) is 72.8 Å². The molecule has 1 aliphatic rings. The lowest BCUT2D eigenvalue weighted by atomic mass is 9.84. The summed E-state index contributed by atoms with van der Waals surface area (Å²) in [5.41, 5.74) is 8.20. The van der Waals surface area contributed by atoms with Crippen LogP contribution in [0.3, 0.4) is 0 Å². The van der Waals surface area contributed by atoms with Gasteiger partial charge in [-0.2, -0.15) is 26.3 Å². The van der Waals surface area contributed by atoms with Crippen molar-refractivity contribution >= 4 is 33.9 Å². The number of carbonyl (C=O) groups excluding carboxylic acids is 2. The van der Waals surface area contributed by atoms with Gasteiger partial charge in [0.05, 0.1) is 0 Å². The highest BCUT2D eigenvalue weighted by Crippen LogP contribution is 2.31. The van der Waals surface area contributed by atoms with E-state index in [-0.39, 0.29) is 24.8 Å². The Bertz CT molecular complexity index is 1580. The van der Waals surface area contributed by atoms with Gasteiger partial charge in [0.15, 0.2) is 0 Å². The van der Waals surface area contributed by atoms with Crippen LogP contribution >= 0.6 is 0 Å². The molecule has 0 unspecified atom stereocenters. The zero-order valence-electron chi connectivity index (χ0n) is 24.1. The van der Waals surface area contributed by atoms with Crippen LogP contribution in [0.2, 0.25) is 0 Å². The minimum atomic E-state index is -5.08. The third-order valence-electron chi connectivity index (χ3n) is 7.01. The van der Waals surface area contributed by atoms with Crippen LogP contribution in [0, 0.1) is 5.41 Å². The van der Waals surface area contributed by atoms with E-state index < -0.39 is 46.4 Å². The SMILES string of the molecule is N=C(N)c1ccc(CNC(=O)[C@@H]2CCCN2C(=O)[C@H](NS(=O)(=O)O)C(c2ccccc2)c2ccccc2)cc1.O=C(O)C(F)(F)F. The van der Waals surface area contributed by atoms with Gasteiger partial charge in [-0.05, 0) is 29.5 Å². The second-order valence-electron chi connectivity index (χ2n) is 10.2. The molecule has 3 aromatic rings. The highest BCUT2D eigenvalue weighted by atomic mass is 32.2. The molecule has 46 heavy (non-hydrogen) atoms. The van der Waals surface area contributed by atoms with Crippen LogP contribution in [0.15, 0.2) is 84.9 Å². The summed E-state index contributed by atoms with van der Waals surface area (Å²) in [5.74, 6) is -4.53. The quantitative estimate of drug-likeness (QED) is 0.108. The lowest BCUT2D eigenvalue weighted by Crippen LogP contribution is -2.55. The minimum Gasteiger partial charge on any atom is -0.475 e. The highest BCUT2D eigenvalue weighted by molar-refractivity contribution is 7.83. The van der Waals surface area contributed by atoms with Crippen LogP contribution < -0.4 is 15.8 Å². The summed E-state index contributed by atoms with van der Waals surface area (Å²) in [5, 5.41) is 17.5. The highest BCUT2D eigenvalue weighted by Gasteiger charge is 2.42. The number of carbonyl (C=O) groups is 3. The minimum absolute atomic E-state index is 0.0527. The molecule has 1 heterocycles. The molecule has 1 aliphatic heterocycles. The third kappa shape index (κ3) is 10.1. The number of benzene rings is 3. The van der Waals surface area contributed by atoms with Gasteiger partial charge in [-0.3, -0.25) is 19.6 Å². The Morgan fingerprint density at radius 1 is 0.957 bits per heavy atom. The predicted molar refractivity (Wildman–Crippen MR) is 161 cm³/mol. The van der Waals surface area contributed by atoms with Gasteiger partial charge in [-0.1, -0.05) is 84.9 Å². The van der Waals surface area contributed by atoms with Crippen molar-refractivity contribution in [3.63, 3.8) is 0 Å². The standard InChI is InChI=1S/C28H31N5O5S.C2HF3O2/c29-26(30)22-15-13-19(14-16-22)18-31-27(34)23-12-7-17-33(23)28(35)25(32-39(36,37)38)24(20-8-3-1-4-9-20)21-10-5-2-6-11-21;3-2(4,5)1(6)7/h1-6,8-11,13-16,23-25,32H,7,12,17-18H2,(H3,29,30)(H,31,34)(H,36,37,38);(H,6,7)/t23-,25+;/m0./s1. The molecule has 3 aromatic carbocycles. The fraction of sp³-hybridized carbons (Fsp3) is 0.267. The van der Waals surface area contributed by atoms with Crippen LogP contribution in [0.1, 0.15) is 41.0 Å². The number of amidine groups is 1. The molecule has 0 saturated carbocycles. The van der Waals surface area contributed by atoms with Gasteiger partial charge >= 0.3 is 22.4 Å². The average Bonchev–Trinajstić information content (AvgIpc) is 3.50. The Hall–Kier alpha value is -4.80. The number of hydrogen-bond donors (Lipinski definition) is 6. The van der Waals surface area contributed by atoms with Crippen molar-refractivity contribution in [3.05, 3.63) is 107 Å². The fourth-order valence-corrected chi connectivity index (χ4v) is 5.47. The molecule has 0 aromatic heterocycles. The molecule has 2 atom stereocenters. The second kappa shape index (κ2) is 15.5. The lowest BCUT2D eigenvalue weighted by molar-refractivity contribution is -0.192. The van der Waals surface area contributed by atoms with Gasteiger partial charge in [0, 0.05) is 24.6 Å². The maximum absolute atomic E-state index is 14.0. The molecule has 12 nitrogen and oxygen atoms in total. The first-order valence-corrected chi connectivity index (χ1v) is 15.2. The van der Waals surface area contributed by atoms with Crippen molar-refractivity contribution in [2.75, 3.05) is 6.54 Å². The van der Waals surface area contributed by atoms with E-state index in [2.05, 4.69) is 10.0 Å². The number of nitrogens with two attached hydrogens (primary N) is 1. The molecule has 2 amide bonds. The van der Waals surface area contributed by atoms with Gasteiger partial charge in [0.2, 0.25) is 11.8 Å². The van der Waals surface area contributed by atoms with Crippen LogP contribution in [0.4, 0.5) is 13.2 Å². The number of nitrogens with zero attached hydrogens (tertiary/aromatic N) is 1. The number of alkyl halides is 3. The molecule has 246 valence electrons. The summed E-state index contributed by atoms with van der Waals surface area (Å²) in [7, 11) is -4.77. The van der Waals surface area contributed by atoms with Crippen molar-refractivity contribution in [3.8, 4) is 0 Å². The monoisotopic (exact) mass is 663 g/mol. The van der Waals surface area contributed by atoms with Gasteiger partial charge in [-0.15, -0.1) is 0 Å². The fourth-order valence-electron chi connectivity index (χ4n) is 4.91. The summed E-state index contributed by atoms with van der Waals surface area (Å²) >= 11 is 0. The van der Waals surface area contributed by atoms with Gasteiger partial charge in [0.25, 0.3) is 0 Å². The average molecular weight is 664 g/mol. The molecule has 1 saturated heterocycles. The molecule has 0 aliphatic carbocycles. The van der Waals surface area contributed by atoms with E-state index in [9.17, 15) is 35.7 Å². The van der Waals surface area contributed by atoms with Crippen molar-refractivity contribution in [2.45, 2.75) is 43.6 Å². The first-order valence-electron chi connectivity index (χ1n) is 13.7. The molecule has 1 fully saturated rings. The Morgan fingerprint density at radius 2 is 1.46 bits per heavy atom. The summed E-state index contributed by atoms with van der Waals surface area (Å²) in [6, 6.07) is 22.6. The number of nitrogen functional groups attached to an aromatic ring is 1. The number of halogens is 3. The van der Waals surface area contributed by atoms with Crippen molar-refractivity contribution < 1.29 is 45.6 Å². The van der Waals surface area contributed by atoms with E-state index in [0.29, 0.717) is 29.5 Å². The van der Waals surface area contributed by atoms with Gasteiger partial charge in [0.1, 0.15) is 17.9 Å². The lowest BCUT2D eigenvalue weighted by Gasteiger charge is -2.33. The third-order valence-corrected chi connectivity index (χ3v) is 7.56. The summed E-state index contributed by atoms with van der Waals surface area (Å²) in [6.07, 6.45) is -4.10. The van der Waals surface area contributed by atoms with Crippen molar-refractivity contribution in [1.29, 1.82) is 5.41 Å². The van der Waals surface area contributed by atoms with Crippen molar-refractivity contribution in [2.24, 2.45) is 5.73 Å². The molecule has 16 heteroatoms. The number of carboxylic acids is 1. The van der Waals surface area contributed by atoms with Crippen molar-refractivity contribution in [1.82, 2.24) is 14.9 Å². The molecule has 0 bridgehead atoms. The molecule has 0 radical (unpaired) electrons. The van der Waals surface area contributed by atoms with E-state index in [0.717, 1.165) is 5.56 Å². The van der Waals surface area contributed by atoms with Gasteiger partial charge in [-0.25, -0.2) is 4.79 Å². The number of carboxylic acid groups (broad SMARTS) is 1. The molecule has 4 rings (SSSR count). The summed E-state index contributed by atoms with van der Waals surface area (Å²) < 4.78 is 67.7. The number of amides is 2. The number of likely N-dealkylation sites (tertiary alicyclic amines) is 1. The Labute approximate surface area is 262 Å². The van der Waals surface area contributed by atoms with E-state index in [4.69, 9.17) is 21.0 Å².